The molecule has 0 aliphatic heterocycles. The molecule has 2 aromatic rings. The van der Waals surface area contributed by atoms with E-state index in [-0.39, 0.29) is 15.6 Å². The third-order valence-electron chi connectivity index (χ3n) is 2.58. The monoisotopic (exact) mass is 313 g/mol. The zero-order chi connectivity index (χ0) is 14.8. The van der Waals surface area contributed by atoms with E-state index in [2.05, 4.69) is 9.71 Å². The van der Waals surface area contributed by atoms with Gasteiger partial charge in [-0.05, 0) is 25.1 Å². The Kier molecular flexibility index (Phi) is 4.10. The number of sulfonamides is 1. The second-order valence-corrected chi connectivity index (χ2v) is 6.03. The maximum Gasteiger partial charge on any atom is 0.262 e. The summed E-state index contributed by atoms with van der Waals surface area (Å²) in [5, 5.41) is 0.0893. The summed E-state index contributed by atoms with van der Waals surface area (Å²) in [5.41, 5.74) is 0.113. The van der Waals surface area contributed by atoms with E-state index in [1.807, 2.05) is 0 Å². The summed E-state index contributed by atoms with van der Waals surface area (Å²) in [4.78, 5) is 15.2. The number of nitrogens with one attached hydrogen (secondary N) is 1. The van der Waals surface area contributed by atoms with Gasteiger partial charge in [0.2, 0.25) is 0 Å². The molecule has 0 bridgehead atoms. The highest BCUT2D eigenvalue weighted by atomic mass is 35.5. The van der Waals surface area contributed by atoms with E-state index in [9.17, 15) is 13.2 Å². The summed E-state index contributed by atoms with van der Waals surface area (Å²) in [5.74, 6) is 0. The third kappa shape index (κ3) is 3.17. The number of nitrogens with zero attached hydrogens (tertiary/aromatic N) is 2. The Morgan fingerprint density at radius 1 is 1.35 bits per heavy atom. The number of pyridine rings is 2. The number of halogens is 1. The van der Waals surface area contributed by atoms with E-state index in [0.717, 1.165) is 0 Å². The number of aromatic nitrogens is 2. The standard InChI is InChI=1S/C12H12ClN3O3S/c1-2-16-8-9(3-4-12(16)17)15-20(18,19)10-5-6-14-11(13)7-10/h3-8,15H,2H2,1H3. The predicted octanol–water partition coefficient (Wildman–Crippen LogP) is 1.72. The van der Waals surface area contributed by atoms with Crippen LogP contribution in [-0.2, 0) is 16.6 Å². The number of anilines is 1. The first kappa shape index (κ1) is 14.5. The van der Waals surface area contributed by atoms with Crippen LogP contribution in [0, 0.1) is 0 Å². The smallest absolute Gasteiger partial charge is 0.262 e. The molecule has 2 aromatic heterocycles. The molecule has 0 radical (unpaired) electrons. The van der Waals surface area contributed by atoms with Gasteiger partial charge in [0.1, 0.15) is 5.15 Å². The van der Waals surface area contributed by atoms with Crippen LogP contribution in [0.3, 0.4) is 0 Å². The van der Waals surface area contributed by atoms with E-state index in [1.165, 1.54) is 41.2 Å². The Hall–Kier alpha value is -1.86. The highest BCUT2D eigenvalue weighted by Gasteiger charge is 2.15. The van der Waals surface area contributed by atoms with Crippen molar-refractivity contribution >= 4 is 27.3 Å². The van der Waals surface area contributed by atoms with Crippen molar-refractivity contribution in [2.75, 3.05) is 4.72 Å². The molecule has 8 heteroatoms. The van der Waals surface area contributed by atoms with Crippen molar-refractivity contribution in [2.24, 2.45) is 0 Å². The molecule has 0 aliphatic carbocycles. The summed E-state index contributed by atoms with van der Waals surface area (Å²) in [6.07, 6.45) is 2.76. The molecule has 2 heterocycles. The number of hydrogen-bond acceptors (Lipinski definition) is 4. The second-order valence-electron chi connectivity index (χ2n) is 3.96. The molecule has 20 heavy (non-hydrogen) atoms. The summed E-state index contributed by atoms with van der Waals surface area (Å²) in [6.45, 7) is 2.25. The van der Waals surface area contributed by atoms with Gasteiger partial charge in [-0.15, -0.1) is 0 Å². The molecule has 0 fully saturated rings. The maximum absolute atomic E-state index is 12.2. The average molecular weight is 314 g/mol. The van der Waals surface area contributed by atoms with Crippen molar-refractivity contribution < 1.29 is 8.42 Å². The first-order valence-corrected chi connectivity index (χ1v) is 7.63. The first-order valence-electron chi connectivity index (χ1n) is 5.77. The molecule has 0 spiro atoms. The average Bonchev–Trinajstić information content (AvgIpc) is 2.40. The van der Waals surface area contributed by atoms with Crippen molar-refractivity contribution in [3.63, 3.8) is 0 Å². The van der Waals surface area contributed by atoms with Crippen molar-refractivity contribution in [3.8, 4) is 0 Å². The van der Waals surface area contributed by atoms with E-state index in [0.29, 0.717) is 12.2 Å². The SMILES string of the molecule is CCn1cc(NS(=O)(=O)c2ccnc(Cl)c2)ccc1=O. The fourth-order valence-corrected chi connectivity index (χ4v) is 2.90. The molecule has 2 rings (SSSR count). The lowest BCUT2D eigenvalue weighted by molar-refractivity contribution is 0.601. The minimum Gasteiger partial charge on any atom is -0.314 e. The van der Waals surface area contributed by atoms with Gasteiger partial charge in [0, 0.05) is 25.0 Å². The zero-order valence-electron chi connectivity index (χ0n) is 10.6. The summed E-state index contributed by atoms with van der Waals surface area (Å²) in [6, 6.07) is 5.31. The van der Waals surface area contributed by atoms with Gasteiger partial charge in [0.15, 0.2) is 0 Å². The number of rotatable bonds is 4. The van der Waals surface area contributed by atoms with Crippen LogP contribution in [0.25, 0.3) is 0 Å². The van der Waals surface area contributed by atoms with E-state index >= 15 is 0 Å². The normalized spacial score (nSPS) is 11.3. The quantitative estimate of drug-likeness (QED) is 0.871. The van der Waals surface area contributed by atoms with Gasteiger partial charge < -0.3 is 4.57 Å². The number of aryl methyl sites for hydroxylation is 1. The van der Waals surface area contributed by atoms with Crippen LogP contribution < -0.4 is 10.3 Å². The summed E-state index contributed by atoms with van der Waals surface area (Å²) in [7, 11) is -3.76. The van der Waals surface area contributed by atoms with Crippen molar-refractivity contribution in [3.05, 3.63) is 52.2 Å². The van der Waals surface area contributed by atoms with Crippen LogP contribution in [0.4, 0.5) is 5.69 Å². The highest BCUT2D eigenvalue weighted by Crippen LogP contribution is 2.16. The first-order chi connectivity index (χ1) is 9.42. The minimum atomic E-state index is -3.76. The van der Waals surface area contributed by atoms with Crippen LogP contribution in [0.5, 0.6) is 0 Å². The molecule has 6 nitrogen and oxygen atoms in total. The highest BCUT2D eigenvalue weighted by molar-refractivity contribution is 7.92. The van der Waals surface area contributed by atoms with Crippen LogP contribution >= 0.6 is 11.6 Å². The molecule has 0 saturated heterocycles. The van der Waals surface area contributed by atoms with E-state index in [1.54, 1.807) is 6.92 Å². The molecule has 0 unspecified atom stereocenters. The van der Waals surface area contributed by atoms with Gasteiger partial charge in [0.25, 0.3) is 15.6 Å². The lowest BCUT2D eigenvalue weighted by Crippen LogP contribution is -2.20. The van der Waals surface area contributed by atoms with Gasteiger partial charge >= 0.3 is 0 Å². The molecular formula is C12H12ClN3O3S. The number of hydrogen-bond donors (Lipinski definition) is 1. The van der Waals surface area contributed by atoms with E-state index < -0.39 is 10.0 Å². The fraction of sp³-hybridized carbons (Fsp3) is 0.167. The minimum absolute atomic E-state index is 0.00625. The molecule has 0 aliphatic rings. The second kappa shape index (κ2) is 5.64. The Balaban J connectivity index is 2.36. The summed E-state index contributed by atoms with van der Waals surface area (Å²) >= 11 is 5.67. The third-order valence-corrected chi connectivity index (χ3v) is 4.17. The molecule has 0 saturated carbocycles. The molecule has 0 atom stereocenters. The lowest BCUT2D eigenvalue weighted by Gasteiger charge is -2.09. The maximum atomic E-state index is 12.2. The molecule has 1 N–H and O–H groups in total. The van der Waals surface area contributed by atoms with Gasteiger partial charge in [-0.3, -0.25) is 9.52 Å². The Morgan fingerprint density at radius 3 is 2.75 bits per heavy atom. The summed E-state index contributed by atoms with van der Waals surface area (Å²) < 4.78 is 28.1. The van der Waals surface area contributed by atoms with E-state index in [4.69, 9.17) is 11.6 Å². The van der Waals surface area contributed by atoms with Crippen molar-refractivity contribution in [1.82, 2.24) is 9.55 Å². The lowest BCUT2D eigenvalue weighted by atomic mass is 10.4. The molecule has 0 aromatic carbocycles. The zero-order valence-corrected chi connectivity index (χ0v) is 12.1. The topological polar surface area (TPSA) is 81.1 Å². The fourth-order valence-electron chi connectivity index (χ4n) is 1.60. The Morgan fingerprint density at radius 2 is 2.10 bits per heavy atom. The van der Waals surface area contributed by atoms with Crippen molar-refractivity contribution in [1.29, 1.82) is 0 Å². The van der Waals surface area contributed by atoms with Gasteiger partial charge in [-0.25, -0.2) is 13.4 Å². The Bertz CT molecular complexity index is 787. The predicted molar refractivity (Wildman–Crippen MR) is 76.4 cm³/mol. The van der Waals surface area contributed by atoms with Gasteiger partial charge in [-0.1, -0.05) is 11.6 Å². The molecule has 106 valence electrons. The van der Waals surface area contributed by atoms with Crippen LogP contribution in [0.15, 0.2) is 46.3 Å². The van der Waals surface area contributed by atoms with Crippen LogP contribution in [0.1, 0.15) is 6.92 Å². The van der Waals surface area contributed by atoms with Gasteiger partial charge in [-0.2, -0.15) is 0 Å². The van der Waals surface area contributed by atoms with Crippen LogP contribution in [0.2, 0.25) is 5.15 Å². The molecular weight excluding hydrogens is 302 g/mol. The van der Waals surface area contributed by atoms with Crippen LogP contribution in [-0.4, -0.2) is 18.0 Å². The van der Waals surface area contributed by atoms with Gasteiger partial charge in [0.05, 0.1) is 10.6 Å². The largest absolute Gasteiger partial charge is 0.314 e. The molecule has 0 amide bonds. The van der Waals surface area contributed by atoms with Crippen molar-refractivity contribution in [2.45, 2.75) is 18.4 Å². The Labute approximate surface area is 121 Å².